The Labute approximate surface area is 199 Å². The third-order valence-electron chi connectivity index (χ3n) is 5.70. The fourth-order valence-corrected chi connectivity index (χ4v) is 4.14. The Morgan fingerprint density at radius 1 is 1.00 bits per heavy atom. The van der Waals surface area contributed by atoms with E-state index in [4.69, 9.17) is 16.3 Å². The van der Waals surface area contributed by atoms with E-state index in [-0.39, 0.29) is 23.4 Å². The number of Topliss-reactive ketones (excluding diaryl/α,β-unsaturated/α-hetero) is 1. The van der Waals surface area contributed by atoms with Crippen LogP contribution in [-0.2, 0) is 16.0 Å². The zero-order valence-corrected chi connectivity index (χ0v) is 18.9. The van der Waals surface area contributed by atoms with E-state index >= 15 is 0 Å². The van der Waals surface area contributed by atoms with Gasteiger partial charge in [0.1, 0.15) is 23.1 Å². The topological polar surface area (TPSA) is 66.8 Å². The largest absolute Gasteiger partial charge is 0.507 e. The fraction of sp³-hybridized carbons (Fsp3) is 0.154. The van der Waals surface area contributed by atoms with Crippen LogP contribution in [0.3, 0.4) is 0 Å². The van der Waals surface area contributed by atoms with Gasteiger partial charge in [-0.1, -0.05) is 35.9 Å². The van der Waals surface area contributed by atoms with Crippen LogP contribution in [0.15, 0.2) is 72.3 Å². The number of carbonyl (C=O) groups excluding carboxylic acids is 2. The van der Waals surface area contributed by atoms with Crippen molar-refractivity contribution < 1.29 is 28.2 Å². The minimum atomic E-state index is -0.999. The summed E-state index contributed by atoms with van der Waals surface area (Å²) in [5.74, 6) is -3.33. The molecule has 1 heterocycles. The SMILES string of the molecule is COc1ccc(F)cc1/C(O)=C1\C(=O)C(=O)N(CCc2ccc(Cl)cc2)C1c1ccc(F)cc1. The summed E-state index contributed by atoms with van der Waals surface area (Å²) < 4.78 is 32.8. The number of methoxy groups -OCH3 is 1. The number of ketones is 1. The highest BCUT2D eigenvalue weighted by Gasteiger charge is 2.46. The minimum Gasteiger partial charge on any atom is -0.507 e. The summed E-state index contributed by atoms with van der Waals surface area (Å²) in [4.78, 5) is 27.4. The molecule has 174 valence electrons. The molecule has 3 aromatic carbocycles. The first-order valence-corrected chi connectivity index (χ1v) is 10.8. The molecule has 34 heavy (non-hydrogen) atoms. The van der Waals surface area contributed by atoms with Gasteiger partial charge in [0.05, 0.1) is 24.3 Å². The second kappa shape index (κ2) is 9.65. The van der Waals surface area contributed by atoms with Gasteiger partial charge < -0.3 is 14.7 Å². The lowest BCUT2D eigenvalue weighted by Gasteiger charge is -2.25. The average Bonchev–Trinajstić information content (AvgIpc) is 3.08. The van der Waals surface area contributed by atoms with E-state index in [1.807, 2.05) is 12.1 Å². The Morgan fingerprint density at radius 2 is 1.65 bits per heavy atom. The van der Waals surface area contributed by atoms with Gasteiger partial charge in [-0.2, -0.15) is 0 Å². The van der Waals surface area contributed by atoms with Crippen LogP contribution < -0.4 is 4.74 Å². The van der Waals surface area contributed by atoms with Gasteiger partial charge in [0, 0.05) is 11.6 Å². The molecule has 0 spiro atoms. The first-order valence-electron chi connectivity index (χ1n) is 10.4. The van der Waals surface area contributed by atoms with Crippen LogP contribution in [0.4, 0.5) is 8.78 Å². The quantitative estimate of drug-likeness (QED) is 0.294. The van der Waals surface area contributed by atoms with Crippen LogP contribution in [0.1, 0.15) is 22.7 Å². The molecule has 1 aliphatic heterocycles. The van der Waals surface area contributed by atoms with Crippen molar-refractivity contribution in [2.75, 3.05) is 13.7 Å². The molecule has 0 saturated carbocycles. The van der Waals surface area contributed by atoms with Crippen LogP contribution in [-0.4, -0.2) is 35.4 Å². The first-order chi connectivity index (χ1) is 16.3. The van der Waals surface area contributed by atoms with Crippen molar-refractivity contribution in [3.05, 3.63) is 106 Å². The maximum absolute atomic E-state index is 14.0. The Morgan fingerprint density at radius 3 is 2.29 bits per heavy atom. The molecular weight excluding hydrogens is 464 g/mol. The highest BCUT2D eigenvalue weighted by molar-refractivity contribution is 6.46. The number of hydrogen-bond donors (Lipinski definition) is 1. The normalized spacial score (nSPS) is 17.3. The minimum absolute atomic E-state index is 0.0645. The number of amides is 1. The van der Waals surface area contributed by atoms with Crippen LogP contribution in [0.2, 0.25) is 5.02 Å². The zero-order valence-electron chi connectivity index (χ0n) is 18.1. The summed E-state index contributed by atoms with van der Waals surface area (Å²) in [7, 11) is 1.34. The number of hydrogen-bond acceptors (Lipinski definition) is 4. The molecule has 1 unspecified atom stereocenters. The van der Waals surface area contributed by atoms with Crippen molar-refractivity contribution in [1.82, 2.24) is 4.90 Å². The fourth-order valence-electron chi connectivity index (χ4n) is 4.01. The maximum Gasteiger partial charge on any atom is 0.295 e. The van der Waals surface area contributed by atoms with E-state index in [9.17, 15) is 23.5 Å². The lowest BCUT2D eigenvalue weighted by Crippen LogP contribution is -2.31. The molecule has 3 aromatic rings. The van der Waals surface area contributed by atoms with Crippen molar-refractivity contribution in [3.63, 3.8) is 0 Å². The van der Waals surface area contributed by atoms with Crippen LogP contribution in [0.25, 0.3) is 5.76 Å². The standard InChI is InChI=1S/C26H20ClF2NO4/c1-34-21-11-10-19(29)14-20(21)24(31)22-23(16-4-8-18(28)9-5-16)30(26(33)25(22)32)13-12-15-2-6-17(27)7-3-15/h2-11,14,23,31H,12-13H2,1H3/b24-22+. The number of halogens is 3. The van der Waals surface area contributed by atoms with Crippen molar-refractivity contribution in [2.24, 2.45) is 0 Å². The van der Waals surface area contributed by atoms with Crippen LogP contribution in [0, 0.1) is 11.6 Å². The predicted octanol–water partition coefficient (Wildman–Crippen LogP) is 5.29. The van der Waals surface area contributed by atoms with E-state index < -0.39 is 35.1 Å². The predicted molar refractivity (Wildman–Crippen MR) is 124 cm³/mol. The number of benzene rings is 3. The molecule has 1 aliphatic rings. The van der Waals surface area contributed by atoms with Gasteiger partial charge in [-0.05, 0) is 60.0 Å². The third kappa shape index (κ3) is 4.52. The monoisotopic (exact) mass is 483 g/mol. The van der Waals surface area contributed by atoms with Gasteiger partial charge in [0.2, 0.25) is 0 Å². The van der Waals surface area contributed by atoms with E-state index in [0.717, 1.165) is 17.7 Å². The Hall–Kier alpha value is -3.71. The molecule has 5 nitrogen and oxygen atoms in total. The molecule has 8 heteroatoms. The smallest absolute Gasteiger partial charge is 0.295 e. The van der Waals surface area contributed by atoms with E-state index in [1.165, 1.54) is 42.3 Å². The average molecular weight is 484 g/mol. The zero-order chi connectivity index (χ0) is 24.4. The molecule has 0 bridgehead atoms. The highest BCUT2D eigenvalue weighted by Crippen LogP contribution is 2.41. The first kappa shape index (κ1) is 23.4. The molecule has 1 atom stereocenters. The maximum atomic E-state index is 14.0. The van der Waals surface area contributed by atoms with Gasteiger partial charge >= 0.3 is 0 Å². The summed E-state index contributed by atoms with van der Waals surface area (Å²) in [6.07, 6.45) is 0.408. The van der Waals surface area contributed by atoms with Gasteiger partial charge in [-0.15, -0.1) is 0 Å². The number of ether oxygens (including phenoxy) is 1. The van der Waals surface area contributed by atoms with Crippen molar-refractivity contribution in [2.45, 2.75) is 12.5 Å². The second-order valence-electron chi connectivity index (χ2n) is 7.77. The molecular formula is C26H20ClF2NO4. The number of nitrogens with zero attached hydrogens (tertiary/aromatic N) is 1. The van der Waals surface area contributed by atoms with Gasteiger partial charge in [-0.25, -0.2) is 8.78 Å². The number of carbonyl (C=O) groups is 2. The Kier molecular flexibility index (Phi) is 6.65. The van der Waals surface area contributed by atoms with Crippen LogP contribution in [0.5, 0.6) is 5.75 Å². The lowest BCUT2D eigenvalue weighted by atomic mass is 9.94. The molecule has 1 amide bonds. The van der Waals surface area contributed by atoms with Crippen LogP contribution >= 0.6 is 11.6 Å². The van der Waals surface area contributed by atoms with Crippen molar-refractivity contribution in [3.8, 4) is 5.75 Å². The molecule has 1 saturated heterocycles. The molecule has 0 aliphatic carbocycles. The lowest BCUT2D eigenvalue weighted by molar-refractivity contribution is -0.139. The van der Waals surface area contributed by atoms with Gasteiger partial charge in [0.15, 0.2) is 0 Å². The van der Waals surface area contributed by atoms with E-state index in [2.05, 4.69) is 0 Å². The summed E-state index contributed by atoms with van der Waals surface area (Å²) in [5, 5.41) is 11.7. The van der Waals surface area contributed by atoms with Crippen molar-refractivity contribution >= 4 is 29.1 Å². The number of rotatable bonds is 6. The molecule has 1 fully saturated rings. The van der Waals surface area contributed by atoms with Gasteiger partial charge in [-0.3, -0.25) is 9.59 Å². The van der Waals surface area contributed by atoms with Gasteiger partial charge in [0.25, 0.3) is 11.7 Å². The van der Waals surface area contributed by atoms with E-state index in [0.29, 0.717) is 17.0 Å². The van der Waals surface area contributed by atoms with Crippen molar-refractivity contribution in [1.29, 1.82) is 0 Å². The molecule has 1 N–H and O–H groups in total. The van der Waals surface area contributed by atoms with E-state index in [1.54, 1.807) is 12.1 Å². The second-order valence-corrected chi connectivity index (χ2v) is 8.20. The highest BCUT2D eigenvalue weighted by atomic mass is 35.5. The Balaban J connectivity index is 1.81. The number of aliphatic hydroxyl groups excluding tert-OH is 1. The molecule has 4 rings (SSSR count). The third-order valence-corrected chi connectivity index (χ3v) is 5.95. The molecule has 0 aromatic heterocycles. The summed E-state index contributed by atoms with van der Waals surface area (Å²) in [6, 6.07) is 14.8. The Bertz CT molecular complexity index is 1270. The number of aliphatic hydroxyl groups is 1. The summed E-state index contributed by atoms with van der Waals surface area (Å²) in [6.45, 7) is 0.144. The summed E-state index contributed by atoms with van der Waals surface area (Å²) >= 11 is 5.93. The number of likely N-dealkylation sites (tertiary alicyclic amines) is 1. The molecule has 0 radical (unpaired) electrons. The summed E-state index contributed by atoms with van der Waals surface area (Å²) in [5.41, 5.74) is 1.02.